The fourth-order valence-electron chi connectivity index (χ4n) is 3.51. The number of piperidine rings is 1. The van der Waals surface area contributed by atoms with Crippen molar-refractivity contribution in [2.24, 2.45) is 0 Å². The number of Topliss-reactive ketones (excluding diaryl/α,β-unsaturated/α-hetero) is 1. The predicted molar refractivity (Wildman–Crippen MR) is 116 cm³/mol. The molecule has 2 aromatic carbocycles. The number of rotatable bonds is 6. The summed E-state index contributed by atoms with van der Waals surface area (Å²) in [6.45, 7) is 4.95. The van der Waals surface area contributed by atoms with E-state index in [0.717, 1.165) is 13.1 Å². The average molecular weight is 393 g/mol. The maximum absolute atomic E-state index is 12.5. The molecule has 29 heavy (non-hydrogen) atoms. The van der Waals surface area contributed by atoms with Gasteiger partial charge in [-0.05, 0) is 74.7 Å². The first-order valence-electron chi connectivity index (χ1n) is 9.98. The summed E-state index contributed by atoms with van der Waals surface area (Å²) in [4.78, 5) is 39.7. The van der Waals surface area contributed by atoms with Crippen molar-refractivity contribution in [3.63, 3.8) is 0 Å². The molecule has 1 aliphatic heterocycles. The van der Waals surface area contributed by atoms with Gasteiger partial charge in [-0.1, -0.05) is 0 Å². The highest BCUT2D eigenvalue weighted by atomic mass is 16.2. The lowest BCUT2D eigenvalue weighted by Crippen LogP contribution is -2.36. The van der Waals surface area contributed by atoms with E-state index in [1.807, 2.05) is 24.3 Å². The summed E-state index contributed by atoms with van der Waals surface area (Å²) in [6, 6.07) is 14.5. The minimum Gasteiger partial charge on any atom is -0.372 e. The maximum atomic E-state index is 12.5. The Morgan fingerprint density at radius 3 is 2.07 bits per heavy atom. The number of hydrogen-bond acceptors (Lipinski definition) is 4. The normalized spacial score (nSPS) is 13.7. The number of amides is 2. The van der Waals surface area contributed by atoms with Crippen LogP contribution in [-0.4, -0.2) is 37.2 Å². The van der Waals surface area contributed by atoms with Crippen LogP contribution in [0, 0.1) is 0 Å². The highest BCUT2D eigenvalue weighted by Crippen LogP contribution is 2.22. The van der Waals surface area contributed by atoms with Crippen LogP contribution in [0.4, 0.5) is 17.1 Å². The van der Waals surface area contributed by atoms with E-state index in [1.54, 1.807) is 24.3 Å². The molecule has 1 fully saturated rings. The molecule has 0 bridgehead atoms. The van der Waals surface area contributed by atoms with Gasteiger partial charge in [-0.2, -0.15) is 0 Å². The number of carbonyl (C=O) groups excluding carboxylic acids is 3. The molecule has 1 aliphatic rings. The molecule has 1 heterocycles. The first-order valence-corrected chi connectivity index (χ1v) is 9.98. The third kappa shape index (κ3) is 5.44. The Morgan fingerprint density at radius 2 is 1.52 bits per heavy atom. The SMILES string of the molecule is CC(=O)c1ccc(N(CC(=O)Nc2ccc(N3CCCCC3)cc2)C(C)=O)cc1. The average Bonchev–Trinajstić information content (AvgIpc) is 2.73. The Bertz CT molecular complexity index is 869. The van der Waals surface area contributed by atoms with Gasteiger partial charge in [0.05, 0.1) is 0 Å². The third-order valence-electron chi connectivity index (χ3n) is 5.14. The van der Waals surface area contributed by atoms with Crippen LogP contribution in [0.15, 0.2) is 48.5 Å². The standard InChI is InChI=1S/C23H27N3O3/c1-17(27)19-6-10-22(11-7-19)26(18(2)28)16-23(29)24-20-8-12-21(13-9-20)25-14-4-3-5-15-25/h6-13H,3-5,14-16H2,1-2H3,(H,24,29). The second-order valence-electron chi connectivity index (χ2n) is 7.35. The lowest BCUT2D eigenvalue weighted by molar-refractivity contribution is -0.120. The fraction of sp³-hybridized carbons (Fsp3) is 0.348. The van der Waals surface area contributed by atoms with Crippen molar-refractivity contribution in [1.29, 1.82) is 0 Å². The number of carbonyl (C=O) groups is 3. The zero-order chi connectivity index (χ0) is 20.8. The first-order chi connectivity index (χ1) is 13.9. The van der Waals surface area contributed by atoms with Gasteiger partial charge in [0, 0.05) is 42.6 Å². The van der Waals surface area contributed by atoms with Gasteiger partial charge in [-0.3, -0.25) is 14.4 Å². The van der Waals surface area contributed by atoms with Gasteiger partial charge in [0.1, 0.15) is 6.54 Å². The van der Waals surface area contributed by atoms with Crippen LogP contribution >= 0.6 is 0 Å². The van der Waals surface area contributed by atoms with Crippen molar-refractivity contribution in [2.45, 2.75) is 33.1 Å². The van der Waals surface area contributed by atoms with Gasteiger partial charge in [0.15, 0.2) is 5.78 Å². The van der Waals surface area contributed by atoms with Crippen molar-refractivity contribution < 1.29 is 14.4 Å². The molecule has 2 amide bonds. The number of nitrogens with zero attached hydrogens (tertiary/aromatic N) is 2. The third-order valence-corrected chi connectivity index (χ3v) is 5.14. The zero-order valence-corrected chi connectivity index (χ0v) is 17.0. The van der Waals surface area contributed by atoms with Crippen LogP contribution in [-0.2, 0) is 9.59 Å². The Kier molecular flexibility index (Phi) is 6.65. The number of benzene rings is 2. The molecule has 152 valence electrons. The monoisotopic (exact) mass is 393 g/mol. The lowest BCUT2D eigenvalue weighted by atomic mass is 10.1. The zero-order valence-electron chi connectivity index (χ0n) is 17.0. The summed E-state index contributed by atoms with van der Waals surface area (Å²) < 4.78 is 0. The Labute approximate surface area is 171 Å². The molecule has 6 heteroatoms. The van der Waals surface area contributed by atoms with E-state index in [9.17, 15) is 14.4 Å². The first kappa shape index (κ1) is 20.6. The van der Waals surface area contributed by atoms with Crippen LogP contribution in [0.5, 0.6) is 0 Å². The van der Waals surface area contributed by atoms with E-state index in [4.69, 9.17) is 0 Å². The van der Waals surface area contributed by atoms with Crippen LogP contribution in [0.25, 0.3) is 0 Å². The molecule has 0 spiro atoms. The molecule has 1 saturated heterocycles. The summed E-state index contributed by atoms with van der Waals surface area (Å²) in [6.07, 6.45) is 3.72. The summed E-state index contributed by atoms with van der Waals surface area (Å²) in [5, 5.41) is 2.85. The minimum absolute atomic E-state index is 0.0448. The summed E-state index contributed by atoms with van der Waals surface area (Å²) in [5.41, 5.74) is 3.01. The molecule has 0 radical (unpaired) electrons. The molecule has 6 nitrogen and oxygen atoms in total. The van der Waals surface area contributed by atoms with E-state index in [0.29, 0.717) is 16.9 Å². The highest BCUT2D eigenvalue weighted by Gasteiger charge is 2.17. The second kappa shape index (κ2) is 9.37. The fourth-order valence-corrected chi connectivity index (χ4v) is 3.51. The summed E-state index contributed by atoms with van der Waals surface area (Å²) in [7, 11) is 0. The largest absolute Gasteiger partial charge is 0.372 e. The molecule has 0 aliphatic carbocycles. The lowest BCUT2D eigenvalue weighted by Gasteiger charge is -2.28. The number of hydrogen-bond donors (Lipinski definition) is 1. The van der Waals surface area contributed by atoms with Gasteiger partial charge in [0.2, 0.25) is 11.8 Å². The summed E-state index contributed by atoms with van der Waals surface area (Å²) >= 11 is 0. The van der Waals surface area contributed by atoms with Crippen LogP contribution in [0.1, 0.15) is 43.5 Å². The number of nitrogens with one attached hydrogen (secondary N) is 1. The molecule has 0 saturated carbocycles. The van der Waals surface area contributed by atoms with E-state index in [1.165, 1.54) is 43.7 Å². The molecule has 2 aromatic rings. The van der Waals surface area contributed by atoms with E-state index >= 15 is 0 Å². The molecule has 0 aromatic heterocycles. The molecule has 0 unspecified atom stereocenters. The minimum atomic E-state index is -0.276. The van der Waals surface area contributed by atoms with Gasteiger partial charge >= 0.3 is 0 Å². The number of ketones is 1. The Hall–Kier alpha value is -3.15. The molecule has 1 N–H and O–H groups in total. The van der Waals surface area contributed by atoms with Crippen LogP contribution in [0.3, 0.4) is 0 Å². The van der Waals surface area contributed by atoms with Gasteiger partial charge in [0.25, 0.3) is 0 Å². The van der Waals surface area contributed by atoms with E-state index < -0.39 is 0 Å². The van der Waals surface area contributed by atoms with E-state index in [2.05, 4.69) is 10.2 Å². The molecule has 0 atom stereocenters. The van der Waals surface area contributed by atoms with Crippen LogP contribution in [0.2, 0.25) is 0 Å². The highest BCUT2D eigenvalue weighted by molar-refractivity contribution is 6.02. The summed E-state index contributed by atoms with van der Waals surface area (Å²) in [5.74, 6) is -0.561. The van der Waals surface area contributed by atoms with Gasteiger partial charge in [-0.25, -0.2) is 0 Å². The predicted octanol–water partition coefficient (Wildman–Crippen LogP) is 3.87. The van der Waals surface area contributed by atoms with Crippen LogP contribution < -0.4 is 15.1 Å². The van der Waals surface area contributed by atoms with Gasteiger partial charge < -0.3 is 15.1 Å². The smallest absolute Gasteiger partial charge is 0.244 e. The maximum Gasteiger partial charge on any atom is 0.244 e. The Morgan fingerprint density at radius 1 is 0.897 bits per heavy atom. The van der Waals surface area contributed by atoms with Gasteiger partial charge in [-0.15, -0.1) is 0 Å². The van der Waals surface area contributed by atoms with E-state index in [-0.39, 0.29) is 24.1 Å². The second-order valence-corrected chi connectivity index (χ2v) is 7.35. The van der Waals surface area contributed by atoms with Crippen molar-refractivity contribution >= 4 is 34.7 Å². The Balaban J connectivity index is 1.62. The molecular weight excluding hydrogens is 366 g/mol. The van der Waals surface area contributed by atoms with Crippen molar-refractivity contribution in [1.82, 2.24) is 0 Å². The number of anilines is 3. The molecular formula is C23H27N3O3. The van der Waals surface area contributed by atoms with Crippen molar-refractivity contribution in [2.75, 3.05) is 34.8 Å². The topological polar surface area (TPSA) is 69.7 Å². The van der Waals surface area contributed by atoms with Crippen molar-refractivity contribution in [3.8, 4) is 0 Å². The van der Waals surface area contributed by atoms with Crippen molar-refractivity contribution in [3.05, 3.63) is 54.1 Å². The molecule has 3 rings (SSSR count). The quantitative estimate of drug-likeness (QED) is 0.757.